The molecule has 0 aliphatic carbocycles. The molecule has 2 aromatic heterocycles. The van der Waals surface area contributed by atoms with Gasteiger partial charge in [-0.15, -0.1) is 0 Å². The van der Waals surface area contributed by atoms with Crippen molar-refractivity contribution < 1.29 is 19.2 Å². The number of pyridine rings is 1. The highest BCUT2D eigenvalue weighted by molar-refractivity contribution is 6.36. The van der Waals surface area contributed by atoms with Gasteiger partial charge in [0.1, 0.15) is 5.76 Å². The van der Waals surface area contributed by atoms with E-state index in [1.54, 1.807) is 19.1 Å². The van der Waals surface area contributed by atoms with E-state index >= 15 is 0 Å². The van der Waals surface area contributed by atoms with Crippen molar-refractivity contribution in [1.82, 2.24) is 10.1 Å². The Kier molecular flexibility index (Phi) is 5.74. The molecule has 0 unspecified atom stereocenters. The van der Waals surface area contributed by atoms with Crippen molar-refractivity contribution in [2.45, 2.75) is 46.6 Å². The van der Waals surface area contributed by atoms with Crippen LogP contribution in [0.1, 0.15) is 38.1 Å². The van der Waals surface area contributed by atoms with Gasteiger partial charge in [0.15, 0.2) is 5.82 Å². The summed E-state index contributed by atoms with van der Waals surface area (Å²) in [6, 6.07) is 3.47. The monoisotopic (exact) mass is 346 g/mol. The summed E-state index contributed by atoms with van der Waals surface area (Å²) in [5.41, 5.74) is 2.44. The highest BCUT2D eigenvalue weighted by Crippen LogP contribution is 2.30. The van der Waals surface area contributed by atoms with E-state index in [9.17, 15) is 9.59 Å². The summed E-state index contributed by atoms with van der Waals surface area (Å²) in [5, 5.41) is 18.4. The number of carbonyl (C=O) groups is 2. The van der Waals surface area contributed by atoms with E-state index in [2.05, 4.69) is 20.8 Å². The van der Waals surface area contributed by atoms with Crippen LogP contribution in [0, 0.1) is 13.8 Å². The SMILES string of the molecule is CCC(CC)Nc1nc(-c2c(C)noc2C)ccc1NC(=O)C(=O)O. The molecule has 2 aromatic rings. The molecule has 0 fully saturated rings. The van der Waals surface area contributed by atoms with E-state index in [0.29, 0.717) is 28.7 Å². The lowest BCUT2D eigenvalue weighted by Crippen LogP contribution is -2.24. The maximum atomic E-state index is 11.5. The first-order chi connectivity index (χ1) is 11.9. The van der Waals surface area contributed by atoms with Gasteiger partial charge in [-0.05, 0) is 38.8 Å². The van der Waals surface area contributed by atoms with E-state index < -0.39 is 11.9 Å². The van der Waals surface area contributed by atoms with Gasteiger partial charge < -0.3 is 20.3 Å². The lowest BCUT2D eigenvalue weighted by Gasteiger charge is -2.19. The standard InChI is InChI=1S/C17H22N4O4/c1-5-11(6-2)18-15-13(20-16(22)17(23)24)8-7-12(19-15)14-9(3)21-25-10(14)4/h7-8,11H,5-6H2,1-4H3,(H,18,19)(H,20,22)(H,23,24). The van der Waals surface area contributed by atoms with Crippen molar-refractivity contribution in [2.24, 2.45) is 0 Å². The zero-order valence-corrected chi connectivity index (χ0v) is 14.7. The van der Waals surface area contributed by atoms with Crippen molar-refractivity contribution in [2.75, 3.05) is 10.6 Å². The van der Waals surface area contributed by atoms with Crippen molar-refractivity contribution in [3.63, 3.8) is 0 Å². The molecule has 1 amide bonds. The smallest absolute Gasteiger partial charge is 0.394 e. The second kappa shape index (κ2) is 7.78. The number of aliphatic carboxylic acids is 1. The fourth-order valence-corrected chi connectivity index (χ4v) is 2.52. The third-order valence-electron chi connectivity index (χ3n) is 3.95. The fourth-order valence-electron chi connectivity index (χ4n) is 2.52. The zero-order chi connectivity index (χ0) is 18.6. The van der Waals surface area contributed by atoms with E-state index in [4.69, 9.17) is 9.63 Å². The summed E-state index contributed by atoms with van der Waals surface area (Å²) in [4.78, 5) is 26.9. The number of nitrogens with one attached hydrogen (secondary N) is 2. The van der Waals surface area contributed by atoms with Crippen LogP contribution in [-0.2, 0) is 9.59 Å². The van der Waals surface area contributed by atoms with E-state index in [-0.39, 0.29) is 6.04 Å². The van der Waals surface area contributed by atoms with Crippen LogP contribution in [-0.4, -0.2) is 33.2 Å². The lowest BCUT2D eigenvalue weighted by molar-refractivity contribution is -0.147. The van der Waals surface area contributed by atoms with Crippen LogP contribution in [0.2, 0.25) is 0 Å². The maximum absolute atomic E-state index is 11.5. The molecule has 2 heterocycles. The van der Waals surface area contributed by atoms with Crippen LogP contribution in [0.3, 0.4) is 0 Å². The van der Waals surface area contributed by atoms with Gasteiger partial charge in [0.2, 0.25) is 0 Å². The van der Waals surface area contributed by atoms with E-state index in [0.717, 1.165) is 18.4 Å². The van der Waals surface area contributed by atoms with Gasteiger partial charge in [0, 0.05) is 6.04 Å². The van der Waals surface area contributed by atoms with Gasteiger partial charge in [-0.2, -0.15) is 0 Å². The Labute approximate surface area is 145 Å². The largest absolute Gasteiger partial charge is 0.474 e. The number of carboxylic acid groups (broad SMARTS) is 1. The zero-order valence-electron chi connectivity index (χ0n) is 14.7. The lowest BCUT2D eigenvalue weighted by atomic mass is 10.1. The van der Waals surface area contributed by atoms with Crippen LogP contribution in [0.25, 0.3) is 11.3 Å². The number of nitrogens with zero attached hydrogens (tertiary/aromatic N) is 2. The molecule has 0 aliphatic rings. The predicted molar refractivity (Wildman–Crippen MR) is 93.5 cm³/mol. The minimum Gasteiger partial charge on any atom is -0.474 e. The first-order valence-corrected chi connectivity index (χ1v) is 8.12. The fraction of sp³-hybridized carbons (Fsp3) is 0.412. The molecule has 0 saturated heterocycles. The molecule has 25 heavy (non-hydrogen) atoms. The second-order valence-corrected chi connectivity index (χ2v) is 5.71. The van der Waals surface area contributed by atoms with Crippen molar-refractivity contribution in [3.05, 3.63) is 23.6 Å². The van der Waals surface area contributed by atoms with Crippen LogP contribution >= 0.6 is 0 Å². The molecule has 8 heteroatoms. The number of hydrogen-bond acceptors (Lipinski definition) is 6. The summed E-state index contributed by atoms with van der Waals surface area (Å²) >= 11 is 0. The summed E-state index contributed by atoms with van der Waals surface area (Å²) in [7, 11) is 0. The molecule has 134 valence electrons. The summed E-state index contributed by atoms with van der Waals surface area (Å²) < 4.78 is 5.18. The Morgan fingerprint density at radius 2 is 1.92 bits per heavy atom. The van der Waals surface area contributed by atoms with Crippen LogP contribution < -0.4 is 10.6 Å². The van der Waals surface area contributed by atoms with Gasteiger partial charge >= 0.3 is 11.9 Å². The van der Waals surface area contributed by atoms with Gasteiger partial charge in [-0.1, -0.05) is 19.0 Å². The Morgan fingerprint density at radius 1 is 1.24 bits per heavy atom. The Balaban J connectivity index is 2.46. The van der Waals surface area contributed by atoms with Gasteiger partial charge in [0.25, 0.3) is 0 Å². The number of carboxylic acids is 1. The summed E-state index contributed by atoms with van der Waals surface area (Å²) in [5.74, 6) is -1.61. The molecule has 0 spiro atoms. The minimum atomic E-state index is -1.55. The third-order valence-corrected chi connectivity index (χ3v) is 3.95. The first kappa shape index (κ1) is 18.4. The highest BCUT2D eigenvalue weighted by Gasteiger charge is 2.19. The van der Waals surface area contributed by atoms with Crippen molar-refractivity contribution in [1.29, 1.82) is 0 Å². The number of amides is 1. The topological polar surface area (TPSA) is 117 Å². The average molecular weight is 346 g/mol. The Hall–Kier alpha value is -2.90. The predicted octanol–water partition coefficient (Wildman–Crippen LogP) is 2.98. The number of aryl methyl sites for hydroxylation is 2. The summed E-state index contributed by atoms with van der Waals surface area (Å²) in [6.07, 6.45) is 1.72. The number of anilines is 2. The van der Waals surface area contributed by atoms with Crippen molar-refractivity contribution >= 4 is 23.4 Å². The van der Waals surface area contributed by atoms with Gasteiger partial charge in [-0.25, -0.2) is 9.78 Å². The molecule has 0 aliphatic heterocycles. The third kappa shape index (κ3) is 4.14. The highest BCUT2D eigenvalue weighted by atomic mass is 16.5. The van der Waals surface area contributed by atoms with Gasteiger partial charge in [0.05, 0.1) is 22.6 Å². The number of carbonyl (C=O) groups excluding carboxylic acids is 1. The Bertz CT molecular complexity index is 761. The maximum Gasteiger partial charge on any atom is 0.394 e. The molecule has 0 saturated carbocycles. The molecule has 0 aromatic carbocycles. The second-order valence-electron chi connectivity index (χ2n) is 5.71. The number of aromatic nitrogens is 2. The number of rotatable bonds is 6. The molecular formula is C17H22N4O4. The minimum absolute atomic E-state index is 0.146. The average Bonchev–Trinajstić information content (AvgIpc) is 2.92. The quantitative estimate of drug-likeness (QED) is 0.688. The Morgan fingerprint density at radius 3 is 2.44 bits per heavy atom. The molecule has 8 nitrogen and oxygen atoms in total. The van der Waals surface area contributed by atoms with Gasteiger partial charge in [-0.3, -0.25) is 4.79 Å². The molecule has 0 radical (unpaired) electrons. The summed E-state index contributed by atoms with van der Waals surface area (Å²) in [6.45, 7) is 7.69. The molecule has 0 bridgehead atoms. The van der Waals surface area contributed by atoms with Crippen LogP contribution in [0.4, 0.5) is 11.5 Å². The van der Waals surface area contributed by atoms with E-state index in [1.807, 2.05) is 20.8 Å². The van der Waals surface area contributed by atoms with Crippen molar-refractivity contribution in [3.8, 4) is 11.3 Å². The van der Waals surface area contributed by atoms with Crippen LogP contribution in [0.5, 0.6) is 0 Å². The van der Waals surface area contributed by atoms with E-state index in [1.165, 1.54) is 0 Å². The number of hydrogen-bond donors (Lipinski definition) is 3. The molecule has 0 atom stereocenters. The molecule has 3 N–H and O–H groups in total. The molecular weight excluding hydrogens is 324 g/mol. The first-order valence-electron chi connectivity index (χ1n) is 8.12. The molecule has 2 rings (SSSR count). The normalized spacial score (nSPS) is 10.8. The van der Waals surface area contributed by atoms with Crippen LogP contribution in [0.15, 0.2) is 16.7 Å².